The number of carbonyl (C=O) groups is 3. The Bertz CT molecular complexity index is 1940. The van der Waals surface area contributed by atoms with Crippen molar-refractivity contribution in [1.29, 1.82) is 0 Å². The molecule has 1 aliphatic carbocycles. The number of anilines is 1. The third-order valence-corrected chi connectivity index (χ3v) is 7.84. The number of carbonyl (C=O) groups excluding carboxylic acids is 3. The van der Waals surface area contributed by atoms with Crippen LogP contribution in [0.4, 0.5) is 14.9 Å². The molecular formula is C32H27FN4O4. The van der Waals surface area contributed by atoms with Crippen molar-refractivity contribution in [2.75, 3.05) is 4.90 Å². The molecule has 2 heterocycles. The van der Waals surface area contributed by atoms with Gasteiger partial charge in [-0.05, 0) is 79.8 Å². The number of nitrogens with zero attached hydrogens (tertiary/aromatic N) is 2. The minimum absolute atomic E-state index is 0.184. The number of allylic oxidation sites excluding steroid dienone is 3. The van der Waals surface area contributed by atoms with Crippen LogP contribution in [0.1, 0.15) is 40.9 Å². The number of benzene rings is 3. The number of hydrogen-bond donors (Lipinski definition) is 3. The van der Waals surface area contributed by atoms with Crippen molar-refractivity contribution in [2.24, 2.45) is 16.6 Å². The van der Waals surface area contributed by atoms with Gasteiger partial charge in [0.25, 0.3) is 5.91 Å². The molecule has 0 radical (unpaired) electrons. The third-order valence-electron chi connectivity index (χ3n) is 7.84. The summed E-state index contributed by atoms with van der Waals surface area (Å²) in [5.41, 5.74) is 10.0. The number of nitrogens with one attached hydrogen (secondary N) is 1. The molecule has 1 atom stereocenters. The van der Waals surface area contributed by atoms with E-state index in [1.807, 2.05) is 31.2 Å². The number of hydrogen-bond acceptors (Lipinski definition) is 4. The van der Waals surface area contributed by atoms with Crippen LogP contribution in [-0.2, 0) is 10.4 Å². The van der Waals surface area contributed by atoms with Crippen LogP contribution in [0.2, 0.25) is 0 Å². The first kappa shape index (κ1) is 26.3. The molecule has 4 N–H and O–H groups in total. The van der Waals surface area contributed by atoms with E-state index in [0.717, 1.165) is 32.4 Å². The Morgan fingerprint density at radius 2 is 1.90 bits per heavy atom. The van der Waals surface area contributed by atoms with E-state index in [1.165, 1.54) is 18.2 Å². The van der Waals surface area contributed by atoms with Crippen LogP contribution in [-0.4, -0.2) is 33.6 Å². The summed E-state index contributed by atoms with van der Waals surface area (Å²) in [6.45, 7) is 7.06. The smallest absolute Gasteiger partial charge is 0.355 e. The largest absolute Gasteiger partial charge is 0.386 e. The van der Waals surface area contributed by atoms with Crippen molar-refractivity contribution < 1.29 is 23.9 Å². The van der Waals surface area contributed by atoms with Crippen molar-refractivity contribution in [2.45, 2.75) is 33.3 Å². The van der Waals surface area contributed by atoms with Crippen LogP contribution >= 0.6 is 0 Å². The lowest BCUT2D eigenvalue weighted by atomic mass is 9.88. The minimum atomic E-state index is -1.08. The van der Waals surface area contributed by atoms with Gasteiger partial charge in [-0.25, -0.2) is 14.1 Å². The lowest BCUT2D eigenvalue weighted by Gasteiger charge is -2.30. The zero-order valence-electron chi connectivity index (χ0n) is 22.9. The number of aromatic amines is 1. The van der Waals surface area contributed by atoms with Crippen molar-refractivity contribution in [3.63, 3.8) is 0 Å². The molecule has 0 spiro atoms. The van der Waals surface area contributed by atoms with E-state index >= 15 is 0 Å². The van der Waals surface area contributed by atoms with E-state index in [1.54, 1.807) is 39.0 Å². The van der Waals surface area contributed by atoms with Crippen LogP contribution < -0.4 is 10.6 Å². The lowest BCUT2D eigenvalue weighted by Crippen LogP contribution is -2.47. The van der Waals surface area contributed by atoms with Crippen LogP contribution in [0, 0.1) is 19.8 Å². The molecular weight excluding hydrogens is 523 g/mol. The summed E-state index contributed by atoms with van der Waals surface area (Å²) in [5, 5.41) is 12.1. The molecule has 4 amide bonds. The summed E-state index contributed by atoms with van der Waals surface area (Å²) < 4.78 is 14.3. The fraction of sp³-hybridized carbons (Fsp3) is 0.188. The average molecular weight is 551 g/mol. The number of H-pyrrole nitrogens is 1. The Kier molecular flexibility index (Phi) is 5.83. The molecule has 1 unspecified atom stereocenters. The van der Waals surface area contributed by atoms with Crippen molar-refractivity contribution in [1.82, 2.24) is 4.98 Å². The molecule has 1 aliphatic heterocycles. The first-order valence-electron chi connectivity index (χ1n) is 13.1. The number of aliphatic imine (C=N–C) groups is 1. The normalized spacial score (nSPS) is 17.2. The summed E-state index contributed by atoms with van der Waals surface area (Å²) in [5.74, 6) is -2.88. The number of fused-ring (bicyclic) bond motifs is 4. The van der Waals surface area contributed by atoms with Gasteiger partial charge in [0, 0.05) is 16.3 Å². The zero-order valence-corrected chi connectivity index (χ0v) is 22.9. The monoisotopic (exact) mass is 550 g/mol. The molecule has 41 heavy (non-hydrogen) atoms. The molecule has 8 nitrogen and oxygen atoms in total. The summed E-state index contributed by atoms with van der Waals surface area (Å²) >= 11 is 0. The number of amides is 4. The predicted molar refractivity (Wildman–Crippen MR) is 157 cm³/mol. The molecule has 1 aromatic heterocycles. The Balaban J connectivity index is 1.60. The molecule has 0 bridgehead atoms. The molecule has 9 heteroatoms. The van der Waals surface area contributed by atoms with Crippen molar-refractivity contribution >= 4 is 51.1 Å². The highest BCUT2D eigenvalue weighted by atomic mass is 19.1. The molecule has 3 aromatic carbocycles. The van der Waals surface area contributed by atoms with E-state index in [9.17, 15) is 23.9 Å². The van der Waals surface area contributed by atoms with Gasteiger partial charge in [0.1, 0.15) is 11.7 Å². The quantitative estimate of drug-likeness (QED) is 0.293. The number of aliphatic hydroxyl groups is 1. The third kappa shape index (κ3) is 4.00. The number of imide groups is 1. The summed E-state index contributed by atoms with van der Waals surface area (Å²) in [4.78, 5) is 47.3. The molecule has 2 aliphatic rings. The SMILES string of the molecule is Cc1cc(C(N)=O)c2[nH]c3cc(C(C)(C)O)ccc3c2c1-c1cccc(N2C(=O)N=C3C(F)=CC=CC3C2=O)c1C. The van der Waals surface area contributed by atoms with E-state index in [4.69, 9.17) is 5.73 Å². The second-order valence-corrected chi connectivity index (χ2v) is 11.0. The van der Waals surface area contributed by atoms with Gasteiger partial charge in [0.2, 0.25) is 5.91 Å². The van der Waals surface area contributed by atoms with Crippen molar-refractivity contribution in [3.8, 4) is 11.1 Å². The standard InChI is InChI=1S/C32H27FN4O4/c1-15-13-21(29(34)38)28-26(19-12-11-17(32(3,4)41)14-23(19)35-28)25(15)18-7-6-10-24(16(18)2)37-30(39)20-8-5-9-22(33)27(20)36-31(37)40/h5-14,20,35,41H,1-4H3,(H2,34,38). The maximum atomic E-state index is 14.3. The van der Waals surface area contributed by atoms with Crippen molar-refractivity contribution in [3.05, 3.63) is 88.8 Å². The van der Waals surface area contributed by atoms with Gasteiger partial charge in [0.05, 0.1) is 28.1 Å². The average Bonchev–Trinajstić information content (AvgIpc) is 3.28. The van der Waals surface area contributed by atoms with E-state index < -0.39 is 35.2 Å². The Morgan fingerprint density at radius 3 is 2.61 bits per heavy atom. The van der Waals surface area contributed by atoms with Crippen LogP contribution in [0.25, 0.3) is 32.9 Å². The molecule has 206 valence electrons. The number of aromatic nitrogens is 1. The number of primary amides is 1. The number of halogens is 1. The van der Waals surface area contributed by atoms with E-state index in [0.29, 0.717) is 33.4 Å². The minimum Gasteiger partial charge on any atom is -0.386 e. The van der Waals surface area contributed by atoms with Crippen LogP contribution in [0.5, 0.6) is 0 Å². The Hall–Kier alpha value is -4.89. The second-order valence-electron chi connectivity index (χ2n) is 11.0. The van der Waals surface area contributed by atoms with Crippen LogP contribution in [0.15, 0.2) is 71.5 Å². The molecule has 4 aromatic rings. The Labute approximate surface area is 234 Å². The number of aryl methyl sites for hydroxylation is 1. The summed E-state index contributed by atoms with van der Waals surface area (Å²) in [6, 6.07) is 11.7. The number of rotatable bonds is 4. The van der Waals surface area contributed by atoms with Gasteiger partial charge >= 0.3 is 6.03 Å². The highest BCUT2D eigenvalue weighted by Gasteiger charge is 2.40. The van der Waals surface area contributed by atoms with Gasteiger partial charge in [-0.3, -0.25) is 9.59 Å². The topological polar surface area (TPSA) is 129 Å². The fourth-order valence-electron chi connectivity index (χ4n) is 5.78. The molecule has 0 saturated carbocycles. The molecule has 0 saturated heterocycles. The first-order valence-corrected chi connectivity index (χ1v) is 13.1. The second kappa shape index (κ2) is 9.07. The maximum absolute atomic E-state index is 14.3. The van der Waals surface area contributed by atoms with E-state index in [-0.39, 0.29) is 5.71 Å². The fourth-order valence-corrected chi connectivity index (χ4v) is 5.78. The van der Waals surface area contributed by atoms with Crippen LogP contribution in [0.3, 0.4) is 0 Å². The molecule has 6 rings (SSSR count). The number of nitrogens with two attached hydrogens (primary N) is 1. The number of urea groups is 1. The first-order chi connectivity index (χ1) is 19.4. The van der Waals surface area contributed by atoms with E-state index in [2.05, 4.69) is 9.98 Å². The Morgan fingerprint density at radius 1 is 1.15 bits per heavy atom. The van der Waals surface area contributed by atoms with Gasteiger partial charge in [-0.15, -0.1) is 0 Å². The summed E-state index contributed by atoms with van der Waals surface area (Å²) in [7, 11) is 0. The zero-order chi connectivity index (χ0) is 29.4. The predicted octanol–water partition coefficient (Wildman–Crippen LogP) is 5.88. The highest BCUT2D eigenvalue weighted by molar-refractivity contribution is 6.32. The summed E-state index contributed by atoms with van der Waals surface area (Å²) in [6.07, 6.45) is 4.13. The van der Waals surface area contributed by atoms with Gasteiger partial charge < -0.3 is 15.8 Å². The lowest BCUT2D eigenvalue weighted by molar-refractivity contribution is -0.118. The maximum Gasteiger partial charge on any atom is 0.355 e. The highest BCUT2D eigenvalue weighted by Crippen LogP contribution is 2.43. The van der Waals surface area contributed by atoms with Gasteiger partial charge in [0.15, 0.2) is 0 Å². The molecule has 0 fully saturated rings. The van der Waals surface area contributed by atoms with Gasteiger partial charge in [-0.2, -0.15) is 4.99 Å². The van der Waals surface area contributed by atoms with Gasteiger partial charge in [-0.1, -0.05) is 36.4 Å².